The van der Waals surface area contributed by atoms with Gasteiger partial charge >= 0.3 is 12.0 Å². The Balaban J connectivity index is 1.59. The third-order valence-corrected chi connectivity index (χ3v) is 4.90. The molecule has 2 aliphatic heterocycles. The molecule has 2 aliphatic rings. The second kappa shape index (κ2) is 7.75. The molecule has 154 valence electrons. The first-order chi connectivity index (χ1) is 14.3. The van der Waals surface area contributed by atoms with Crippen LogP contribution in [0.2, 0.25) is 5.02 Å². The van der Waals surface area contributed by atoms with Gasteiger partial charge in [0, 0.05) is 16.8 Å². The Kier molecular flexibility index (Phi) is 5.13. The van der Waals surface area contributed by atoms with E-state index in [1.165, 1.54) is 0 Å². The van der Waals surface area contributed by atoms with Gasteiger partial charge in [-0.15, -0.1) is 0 Å². The first kappa shape index (κ1) is 19.8. The zero-order valence-electron chi connectivity index (χ0n) is 15.2. The van der Waals surface area contributed by atoms with Crippen LogP contribution in [0.5, 0.6) is 0 Å². The van der Waals surface area contributed by atoms with Crippen molar-refractivity contribution in [2.75, 3.05) is 18.5 Å². The Bertz CT molecular complexity index is 1070. The lowest BCUT2D eigenvalue weighted by Gasteiger charge is -2.32. The summed E-state index contributed by atoms with van der Waals surface area (Å²) in [5.74, 6) is -3.02. The van der Waals surface area contributed by atoms with E-state index in [1.807, 2.05) is 0 Å². The van der Waals surface area contributed by atoms with E-state index in [-0.39, 0.29) is 23.6 Å². The molecule has 2 heterocycles. The molecule has 2 N–H and O–H groups in total. The van der Waals surface area contributed by atoms with Crippen LogP contribution in [0.3, 0.4) is 0 Å². The van der Waals surface area contributed by atoms with E-state index < -0.39 is 42.1 Å². The van der Waals surface area contributed by atoms with E-state index in [0.29, 0.717) is 16.7 Å². The molecule has 2 aromatic rings. The number of nitrogens with zero attached hydrogens (tertiary/aromatic N) is 1. The van der Waals surface area contributed by atoms with E-state index in [0.717, 1.165) is 17.0 Å². The average molecular weight is 434 g/mol. The van der Waals surface area contributed by atoms with Crippen molar-refractivity contribution >= 4 is 35.2 Å². The number of amides is 3. The van der Waals surface area contributed by atoms with Gasteiger partial charge in [-0.3, -0.25) is 9.69 Å². The predicted octanol–water partition coefficient (Wildman–Crippen LogP) is 3.13. The third-order valence-electron chi connectivity index (χ3n) is 4.65. The first-order valence-corrected chi connectivity index (χ1v) is 9.19. The van der Waals surface area contributed by atoms with Crippen LogP contribution in [0, 0.1) is 11.6 Å². The van der Waals surface area contributed by atoms with Gasteiger partial charge in [-0.05, 0) is 29.8 Å². The highest BCUT2D eigenvalue weighted by molar-refractivity contribution is 6.30. The van der Waals surface area contributed by atoms with Crippen LogP contribution in [0.25, 0.3) is 0 Å². The highest BCUT2D eigenvalue weighted by Crippen LogP contribution is 2.35. The Morgan fingerprint density at radius 2 is 1.83 bits per heavy atom. The minimum atomic E-state index is -0.855. The molecule has 0 bridgehead atoms. The minimum Gasteiger partial charge on any atom is -0.456 e. The molecular weight excluding hydrogens is 420 g/mol. The van der Waals surface area contributed by atoms with Gasteiger partial charge in [0.25, 0.3) is 0 Å². The fourth-order valence-corrected chi connectivity index (χ4v) is 3.48. The minimum absolute atomic E-state index is 0.0955. The highest BCUT2D eigenvalue weighted by atomic mass is 35.5. The molecule has 0 saturated carbocycles. The molecule has 7 nitrogen and oxygen atoms in total. The van der Waals surface area contributed by atoms with E-state index in [2.05, 4.69) is 10.6 Å². The van der Waals surface area contributed by atoms with Crippen molar-refractivity contribution in [2.24, 2.45) is 0 Å². The summed E-state index contributed by atoms with van der Waals surface area (Å²) in [6.07, 6.45) is 0. The highest BCUT2D eigenvalue weighted by Gasteiger charge is 2.42. The van der Waals surface area contributed by atoms with Crippen molar-refractivity contribution in [2.45, 2.75) is 6.04 Å². The maximum atomic E-state index is 13.3. The topological polar surface area (TPSA) is 87.7 Å². The SMILES string of the molecule is O=C(CN1C(=O)NC(c2ccc(Cl)cc2)C2=C1COC2=O)Nc1cc(F)cc(F)c1. The molecule has 0 aliphatic carbocycles. The van der Waals surface area contributed by atoms with E-state index in [4.69, 9.17) is 16.3 Å². The van der Waals surface area contributed by atoms with Gasteiger partial charge in [-0.1, -0.05) is 23.7 Å². The maximum absolute atomic E-state index is 13.3. The van der Waals surface area contributed by atoms with Crippen molar-refractivity contribution in [1.82, 2.24) is 10.2 Å². The van der Waals surface area contributed by atoms with Gasteiger partial charge in [0.15, 0.2) is 0 Å². The number of esters is 1. The number of anilines is 1. The summed E-state index contributed by atoms with van der Waals surface area (Å²) < 4.78 is 31.7. The first-order valence-electron chi connectivity index (χ1n) is 8.81. The molecule has 0 fully saturated rings. The number of ether oxygens (including phenoxy) is 1. The normalized spacial score (nSPS) is 18.1. The lowest BCUT2D eigenvalue weighted by atomic mass is 9.96. The molecular formula is C20H14ClF2N3O4. The number of carbonyl (C=O) groups is 3. The maximum Gasteiger partial charge on any atom is 0.338 e. The predicted molar refractivity (Wildman–Crippen MR) is 102 cm³/mol. The van der Waals surface area contributed by atoms with Crippen molar-refractivity contribution in [3.8, 4) is 0 Å². The van der Waals surface area contributed by atoms with Crippen molar-refractivity contribution in [3.63, 3.8) is 0 Å². The summed E-state index contributed by atoms with van der Waals surface area (Å²) in [6, 6.07) is 7.78. The molecule has 2 aromatic carbocycles. The van der Waals surface area contributed by atoms with Gasteiger partial charge < -0.3 is 15.4 Å². The van der Waals surface area contributed by atoms with Gasteiger partial charge in [0.1, 0.15) is 24.8 Å². The largest absolute Gasteiger partial charge is 0.456 e. The van der Waals surface area contributed by atoms with E-state index in [1.54, 1.807) is 24.3 Å². The van der Waals surface area contributed by atoms with Crippen molar-refractivity contribution < 1.29 is 27.9 Å². The summed E-state index contributed by atoms with van der Waals surface area (Å²) in [5, 5.41) is 5.50. The quantitative estimate of drug-likeness (QED) is 0.725. The van der Waals surface area contributed by atoms with Crippen LogP contribution < -0.4 is 10.6 Å². The number of rotatable bonds is 4. The molecule has 1 unspecified atom stereocenters. The summed E-state index contributed by atoms with van der Waals surface area (Å²) in [4.78, 5) is 38.4. The number of cyclic esters (lactones) is 1. The fraction of sp³-hybridized carbons (Fsp3) is 0.150. The van der Waals surface area contributed by atoms with Crippen LogP contribution in [0.15, 0.2) is 53.7 Å². The lowest BCUT2D eigenvalue weighted by Crippen LogP contribution is -2.49. The Hall–Kier alpha value is -3.46. The number of hydrogen-bond donors (Lipinski definition) is 2. The molecule has 30 heavy (non-hydrogen) atoms. The smallest absolute Gasteiger partial charge is 0.338 e. The summed E-state index contributed by atoms with van der Waals surface area (Å²) in [7, 11) is 0. The zero-order chi connectivity index (χ0) is 21.4. The van der Waals surface area contributed by atoms with E-state index in [9.17, 15) is 23.2 Å². The number of urea groups is 1. The van der Waals surface area contributed by atoms with Gasteiger partial charge in [0.05, 0.1) is 17.3 Å². The molecule has 0 aromatic heterocycles. The Labute approximate surface area is 174 Å². The zero-order valence-corrected chi connectivity index (χ0v) is 16.0. The molecule has 4 rings (SSSR count). The van der Waals surface area contributed by atoms with Crippen LogP contribution in [-0.2, 0) is 14.3 Å². The summed E-state index contributed by atoms with van der Waals surface area (Å²) >= 11 is 5.90. The molecule has 0 saturated heterocycles. The number of carbonyl (C=O) groups excluding carboxylic acids is 3. The summed E-state index contributed by atoms with van der Waals surface area (Å²) in [6.45, 7) is -0.652. The fourth-order valence-electron chi connectivity index (χ4n) is 3.35. The molecule has 0 spiro atoms. The molecule has 1 atom stereocenters. The van der Waals surface area contributed by atoms with Gasteiger partial charge in [-0.2, -0.15) is 0 Å². The second-order valence-electron chi connectivity index (χ2n) is 6.66. The van der Waals surface area contributed by atoms with E-state index >= 15 is 0 Å². The van der Waals surface area contributed by atoms with Crippen molar-refractivity contribution in [3.05, 3.63) is 76.0 Å². The van der Waals surface area contributed by atoms with Gasteiger partial charge in [-0.25, -0.2) is 18.4 Å². The molecule has 10 heteroatoms. The van der Waals surface area contributed by atoms with Crippen molar-refractivity contribution in [1.29, 1.82) is 0 Å². The van der Waals surface area contributed by atoms with Crippen LogP contribution in [0.4, 0.5) is 19.3 Å². The molecule has 3 amide bonds. The lowest BCUT2D eigenvalue weighted by molar-refractivity contribution is -0.136. The standard InChI is InChI=1S/C20H14ClF2N3O4/c21-11-3-1-10(2-4-11)18-17-15(9-30-19(17)28)26(20(29)25-18)8-16(27)24-14-6-12(22)5-13(23)7-14/h1-7,18H,8-9H2,(H,24,27)(H,25,29). The third kappa shape index (κ3) is 3.84. The summed E-state index contributed by atoms with van der Waals surface area (Å²) in [5.41, 5.74) is 0.992. The van der Waals surface area contributed by atoms with Gasteiger partial charge in [0.2, 0.25) is 5.91 Å². The Morgan fingerprint density at radius 1 is 1.17 bits per heavy atom. The Morgan fingerprint density at radius 3 is 2.50 bits per heavy atom. The number of halogens is 3. The average Bonchev–Trinajstić information content (AvgIpc) is 3.05. The second-order valence-corrected chi connectivity index (χ2v) is 7.10. The molecule has 0 radical (unpaired) electrons. The van der Waals surface area contributed by atoms with Crippen LogP contribution in [-0.4, -0.2) is 36.0 Å². The number of hydrogen-bond acceptors (Lipinski definition) is 4. The number of benzene rings is 2. The van der Waals surface area contributed by atoms with Crippen LogP contribution >= 0.6 is 11.6 Å². The monoisotopic (exact) mass is 433 g/mol. The number of nitrogens with one attached hydrogen (secondary N) is 2. The van der Waals surface area contributed by atoms with Crippen LogP contribution in [0.1, 0.15) is 11.6 Å².